The molecule has 0 saturated carbocycles. The first-order valence-electron chi connectivity index (χ1n) is 7.25. The largest absolute Gasteiger partial charge is 0.102 e. The van der Waals surface area contributed by atoms with Gasteiger partial charge in [0, 0.05) is 5.92 Å². The maximum absolute atomic E-state index is 3.97. The number of allylic oxidation sites excluding steroid dienone is 5. The van der Waals surface area contributed by atoms with E-state index in [2.05, 4.69) is 76.4 Å². The van der Waals surface area contributed by atoms with Crippen molar-refractivity contribution in [2.24, 2.45) is 11.8 Å². The third kappa shape index (κ3) is 2.56. The van der Waals surface area contributed by atoms with Gasteiger partial charge in [0.15, 0.2) is 0 Å². The van der Waals surface area contributed by atoms with Gasteiger partial charge in [-0.3, -0.25) is 0 Å². The molecule has 0 N–H and O–H groups in total. The summed E-state index contributed by atoms with van der Waals surface area (Å²) < 4.78 is 0. The Morgan fingerprint density at radius 1 is 1.15 bits per heavy atom. The highest BCUT2D eigenvalue weighted by molar-refractivity contribution is 5.58. The van der Waals surface area contributed by atoms with Gasteiger partial charge in [-0.2, -0.15) is 0 Å². The highest BCUT2D eigenvalue weighted by Crippen LogP contribution is 2.38. The van der Waals surface area contributed by atoms with Crippen LogP contribution in [0.15, 0.2) is 67.3 Å². The molecule has 0 nitrogen and oxygen atoms in total. The van der Waals surface area contributed by atoms with E-state index < -0.39 is 0 Å². The predicted octanol–water partition coefficient (Wildman–Crippen LogP) is 5.54. The molecule has 0 bridgehead atoms. The first kappa shape index (κ1) is 14.6. The van der Waals surface area contributed by atoms with Crippen molar-refractivity contribution in [1.29, 1.82) is 0 Å². The minimum Gasteiger partial charge on any atom is -0.102 e. The maximum atomic E-state index is 3.97. The fourth-order valence-corrected chi connectivity index (χ4v) is 2.82. The Morgan fingerprint density at radius 3 is 2.50 bits per heavy atom. The Labute approximate surface area is 123 Å². The lowest BCUT2D eigenvalue weighted by Crippen LogP contribution is -2.26. The zero-order chi connectivity index (χ0) is 14.8. The van der Waals surface area contributed by atoms with E-state index in [0.717, 1.165) is 0 Å². The third-order valence-electron chi connectivity index (χ3n) is 4.59. The van der Waals surface area contributed by atoms with Gasteiger partial charge < -0.3 is 0 Å². The quantitative estimate of drug-likeness (QED) is 0.615. The molecule has 1 aliphatic carbocycles. The van der Waals surface area contributed by atoms with Gasteiger partial charge in [0.05, 0.1) is 0 Å². The second kappa shape index (κ2) is 5.66. The molecule has 0 aromatic heterocycles. The van der Waals surface area contributed by atoms with E-state index in [1.165, 1.54) is 16.7 Å². The van der Waals surface area contributed by atoms with Crippen molar-refractivity contribution < 1.29 is 0 Å². The van der Waals surface area contributed by atoms with Crippen LogP contribution in [0.3, 0.4) is 0 Å². The summed E-state index contributed by atoms with van der Waals surface area (Å²) in [5.41, 5.74) is 4.03. The Bertz CT molecular complexity index is 569. The average Bonchev–Trinajstić information content (AvgIpc) is 2.49. The van der Waals surface area contributed by atoms with Crippen molar-refractivity contribution >= 4 is 6.08 Å². The third-order valence-corrected chi connectivity index (χ3v) is 4.59. The molecule has 0 aliphatic heterocycles. The lowest BCUT2D eigenvalue weighted by Gasteiger charge is -2.32. The summed E-state index contributed by atoms with van der Waals surface area (Å²) >= 11 is 0. The van der Waals surface area contributed by atoms with Gasteiger partial charge in [-0.15, -0.1) is 6.58 Å². The number of hydrogen-bond acceptors (Lipinski definition) is 0. The SMILES string of the molecule is C=C/C1=C/C(C)C(C)(C)c2ccccc2C=CC1C=C. The smallest absolute Gasteiger partial charge is 0.0196 e. The maximum Gasteiger partial charge on any atom is 0.0196 e. The molecule has 0 radical (unpaired) electrons. The molecule has 0 saturated heterocycles. The first-order valence-corrected chi connectivity index (χ1v) is 7.25. The molecule has 2 atom stereocenters. The summed E-state index contributed by atoms with van der Waals surface area (Å²) in [6.45, 7) is 14.8. The molecule has 1 aromatic carbocycles. The number of fused-ring (bicyclic) bond motifs is 1. The molecular weight excluding hydrogens is 240 g/mol. The molecule has 2 rings (SSSR count). The minimum atomic E-state index is 0.0885. The monoisotopic (exact) mass is 264 g/mol. The van der Waals surface area contributed by atoms with E-state index in [1.807, 2.05) is 12.2 Å². The summed E-state index contributed by atoms with van der Waals surface area (Å²) in [6.07, 6.45) is 10.7. The van der Waals surface area contributed by atoms with Crippen molar-refractivity contribution in [1.82, 2.24) is 0 Å². The van der Waals surface area contributed by atoms with Crippen LogP contribution in [-0.2, 0) is 5.41 Å². The Balaban J connectivity index is 2.66. The fourth-order valence-electron chi connectivity index (χ4n) is 2.82. The number of rotatable bonds is 2. The summed E-state index contributed by atoms with van der Waals surface area (Å²) in [5.74, 6) is 0.663. The Morgan fingerprint density at radius 2 is 1.85 bits per heavy atom. The van der Waals surface area contributed by atoms with Crippen LogP contribution in [0, 0.1) is 11.8 Å². The van der Waals surface area contributed by atoms with Gasteiger partial charge in [-0.05, 0) is 28.0 Å². The molecule has 104 valence electrons. The molecule has 0 heteroatoms. The summed E-state index contributed by atoms with van der Waals surface area (Å²) in [6, 6.07) is 8.67. The van der Waals surface area contributed by atoms with Crippen molar-refractivity contribution in [3.63, 3.8) is 0 Å². The van der Waals surface area contributed by atoms with Crippen LogP contribution in [-0.4, -0.2) is 0 Å². The zero-order valence-electron chi connectivity index (χ0n) is 12.8. The molecule has 1 aromatic rings. The Kier molecular flexibility index (Phi) is 4.13. The van der Waals surface area contributed by atoms with Crippen molar-refractivity contribution in [2.45, 2.75) is 26.2 Å². The standard InChI is InChI=1S/C20H24/c1-6-16-12-13-18-10-8-9-11-19(18)20(4,5)15(3)14-17(16)7-2/h6-16H,1-2H2,3-5H3/b13-12?,17-14-. The van der Waals surface area contributed by atoms with Gasteiger partial charge in [-0.25, -0.2) is 0 Å². The van der Waals surface area contributed by atoms with Gasteiger partial charge in [-0.1, -0.05) is 82.0 Å². The van der Waals surface area contributed by atoms with Crippen LogP contribution in [0.5, 0.6) is 0 Å². The highest BCUT2D eigenvalue weighted by Gasteiger charge is 2.29. The van der Waals surface area contributed by atoms with Gasteiger partial charge in [0.2, 0.25) is 0 Å². The Hall–Kier alpha value is -1.82. The number of hydrogen-bond donors (Lipinski definition) is 0. The minimum absolute atomic E-state index is 0.0885. The van der Waals surface area contributed by atoms with Gasteiger partial charge in [0.25, 0.3) is 0 Å². The van der Waals surface area contributed by atoms with E-state index in [-0.39, 0.29) is 11.3 Å². The van der Waals surface area contributed by atoms with Crippen molar-refractivity contribution in [2.75, 3.05) is 0 Å². The molecule has 1 aliphatic rings. The van der Waals surface area contributed by atoms with Crippen LogP contribution in [0.2, 0.25) is 0 Å². The predicted molar refractivity (Wildman–Crippen MR) is 89.6 cm³/mol. The normalized spacial score (nSPS) is 27.2. The second-order valence-electron chi connectivity index (χ2n) is 6.09. The van der Waals surface area contributed by atoms with Crippen LogP contribution < -0.4 is 0 Å². The van der Waals surface area contributed by atoms with E-state index in [0.29, 0.717) is 5.92 Å². The number of benzene rings is 1. The van der Waals surface area contributed by atoms with E-state index in [9.17, 15) is 0 Å². The molecule has 0 amide bonds. The molecular formula is C20H24. The van der Waals surface area contributed by atoms with Crippen LogP contribution >= 0.6 is 0 Å². The van der Waals surface area contributed by atoms with Crippen molar-refractivity contribution in [3.8, 4) is 0 Å². The summed E-state index contributed by atoms with van der Waals surface area (Å²) in [5, 5.41) is 0. The first-order chi connectivity index (χ1) is 9.50. The van der Waals surface area contributed by atoms with Crippen LogP contribution in [0.1, 0.15) is 31.9 Å². The van der Waals surface area contributed by atoms with Crippen LogP contribution in [0.4, 0.5) is 0 Å². The second-order valence-corrected chi connectivity index (χ2v) is 6.09. The van der Waals surface area contributed by atoms with Crippen molar-refractivity contribution in [3.05, 3.63) is 78.4 Å². The molecule has 20 heavy (non-hydrogen) atoms. The molecule has 0 heterocycles. The molecule has 2 unspecified atom stereocenters. The van der Waals surface area contributed by atoms with Gasteiger partial charge >= 0.3 is 0 Å². The molecule has 0 fully saturated rings. The van der Waals surface area contributed by atoms with Gasteiger partial charge in [0.1, 0.15) is 0 Å². The summed E-state index contributed by atoms with van der Waals surface area (Å²) in [4.78, 5) is 0. The van der Waals surface area contributed by atoms with Crippen LogP contribution in [0.25, 0.3) is 6.08 Å². The fraction of sp³-hybridized carbons (Fsp3) is 0.300. The van der Waals surface area contributed by atoms with E-state index in [4.69, 9.17) is 0 Å². The highest BCUT2D eigenvalue weighted by atomic mass is 14.3. The zero-order valence-corrected chi connectivity index (χ0v) is 12.8. The van der Waals surface area contributed by atoms with E-state index >= 15 is 0 Å². The lowest BCUT2D eigenvalue weighted by atomic mass is 9.72. The lowest BCUT2D eigenvalue weighted by molar-refractivity contribution is 0.407. The van der Waals surface area contributed by atoms with E-state index in [1.54, 1.807) is 0 Å². The topological polar surface area (TPSA) is 0 Å². The summed E-state index contributed by atoms with van der Waals surface area (Å²) in [7, 11) is 0. The average molecular weight is 264 g/mol. The molecule has 0 spiro atoms.